The van der Waals surface area contributed by atoms with Crippen LogP contribution in [-0.2, 0) is 14.3 Å². The van der Waals surface area contributed by atoms with Crippen LogP contribution in [0.3, 0.4) is 0 Å². The molecule has 1 rings (SSSR count). The Labute approximate surface area is 128 Å². The minimum atomic E-state index is -0.379. The maximum atomic E-state index is 12.5. The molecule has 1 aliphatic rings. The van der Waals surface area contributed by atoms with Gasteiger partial charge in [0.25, 0.3) is 0 Å². The summed E-state index contributed by atoms with van der Waals surface area (Å²) in [6.45, 7) is 10.8. The molecule has 1 saturated heterocycles. The van der Waals surface area contributed by atoms with Gasteiger partial charge in [-0.2, -0.15) is 0 Å². The Morgan fingerprint density at radius 2 is 1.90 bits per heavy atom. The van der Waals surface area contributed by atoms with Crippen molar-refractivity contribution in [2.24, 2.45) is 11.8 Å². The maximum absolute atomic E-state index is 12.5. The Morgan fingerprint density at radius 3 is 2.52 bits per heavy atom. The highest BCUT2D eigenvalue weighted by Crippen LogP contribution is 2.11. The van der Waals surface area contributed by atoms with Crippen molar-refractivity contribution < 1.29 is 14.3 Å². The zero-order chi connectivity index (χ0) is 15.8. The van der Waals surface area contributed by atoms with Gasteiger partial charge < -0.3 is 15.0 Å². The quantitative estimate of drug-likeness (QED) is 0.695. The molecule has 0 aromatic carbocycles. The fourth-order valence-electron chi connectivity index (χ4n) is 2.34. The van der Waals surface area contributed by atoms with Crippen molar-refractivity contribution in [3.8, 4) is 0 Å². The average Bonchev–Trinajstić information content (AvgIpc) is 2.50. The Morgan fingerprint density at radius 1 is 1.19 bits per heavy atom. The predicted molar refractivity (Wildman–Crippen MR) is 82.9 cm³/mol. The van der Waals surface area contributed by atoms with Crippen LogP contribution in [0.2, 0.25) is 0 Å². The summed E-state index contributed by atoms with van der Waals surface area (Å²) in [4.78, 5) is 25.9. The molecule has 0 aliphatic carbocycles. The van der Waals surface area contributed by atoms with Crippen molar-refractivity contribution in [3.63, 3.8) is 0 Å². The van der Waals surface area contributed by atoms with Crippen molar-refractivity contribution in [2.45, 2.75) is 53.0 Å². The minimum Gasteiger partial charge on any atom is -0.380 e. The van der Waals surface area contributed by atoms with Gasteiger partial charge in [-0.25, -0.2) is 0 Å². The highest BCUT2D eigenvalue weighted by Gasteiger charge is 2.29. The number of ether oxygens (including phenoxy) is 1. The van der Waals surface area contributed by atoms with Crippen LogP contribution in [0.1, 0.15) is 47.0 Å². The number of carbonyl (C=O) groups is 2. The second-order valence-electron chi connectivity index (χ2n) is 6.62. The van der Waals surface area contributed by atoms with E-state index in [1.54, 1.807) is 4.90 Å². The van der Waals surface area contributed by atoms with Gasteiger partial charge in [-0.1, -0.05) is 27.7 Å². The largest absolute Gasteiger partial charge is 0.380 e. The molecular weight excluding hydrogens is 268 g/mol. The van der Waals surface area contributed by atoms with E-state index in [-0.39, 0.29) is 17.9 Å². The van der Waals surface area contributed by atoms with Gasteiger partial charge in [0.1, 0.15) is 6.04 Å². The molecule has 1 unspecified atom stereocenters. The number of rotatable bonds is 8. The first-order valence-corrected chi connectivity index (χ1v) is 8.06. The normalized spacial score (nSPS) is 20.1. The van der Waals surface area contributed by atoms with Gasteiger partial charge >= 0.3 is 0 Å². The number of amides is 2. The van der Waals surface area contributed by atoms with Crippen molar-refractivity contribution in [1.29, 1.82) is 0 Å². The molecule has 2 amide bonds. The molecule has 1 atom stereocenters. The van der Waals surface area contributed by atoms with Crippen LogP contribution in [-0.4, -0.2) is 49.1 Å². The minimum absolute atomic E-state index is 0.0296. The third kappa shape index (κ3) is 6.93. The summed E-state index contributed by atoms with van der Waals surface area (Å²) in [5.41, 5.74) is 0. The van der Waals surface area contributed by atoms with Crippen LogP contribution in [0.15, 0.2) is 0 Å². The Hall–Kier alpha value is -1.10. The topological polar surface area (TPSA) is 58.6 Å². The maximum Gasteiger partial charge on any atom is 0.245 e. The summed E-state index contributed by atoms with van der Waals surface area (Å²) in [6.07, 6.45) is 2.10. The number of nitrogens with one attached hydrogen (secondary N) is 1. The van der Waals surface area contributed by atoms with E-state index in [1.165, 1.54) is 0 Å². The van der Waals surface area contributed by atoms with E-state index in [9.17, 15) is 9.59 Å². The molecule has 5 heteroatoms. The molecule has 0 saturated carbocycles. The van der Waals surface area contributed by atoms with Crippen molar-refractivity contribution in [3.05, 3.63) is 0 Å². The van der Waals surface area contributed by atoms with Gasteiger partial charge in [0.2, 0.25) is 11.8 Å². The molecule has 0 radical (unpaired) electrons. The average molecular weight is 298 g/mol. The summed E-state index contributed by atoms with van der Waals surface area (Å²) in [6, 6.07) is -0.379. The molecule has 0 aromatic rings. The van der Waals surface area contributed by atoms with Crippen LogP contribution in [0.4, 0.5) is 0 Å². The van der Waals surface area contributed by atoms with Gasteiger partial charge in [0, 0.05) is 26.1 Å². The van der Waals surface area contributed by atoms with Crippen LogP contribution < -0.4 is 5.32 Å². The lowest BCUT2D eigenvalue weighted by Crippen LogP contribution is -2.46. The third-order valence-corrected chi connectivity index (χ3v) is 3.61. The van der Waals surface area contributed by atoms with Crippen LogP contribution in [0.25, 0.3) is 0 Å². The van der Waals surface area contributed by atoms with E-state index in [2.05, 4.69) is 33.0 Å². The predicted octanol–water partition coefficient (Wildman–Crippen LogP) is 1.81. The van der Waals surface area contributed by atoms with Crippen molar-refractivity contribution in [1.82, 2.24) is 10.2 Å². The number of carbonyl (C=O) groups excluding carboxylic acids is 2. The van der Waals surface area contributed by atoms with Gasteiger partial charge in [0.05, 0.1) is 6.61 Å². The second kappa shape index (κ2) is 9.03. The molecule has 1 heterocycles. The summed E-state index contributed by atoms with van der Waals surface area (Å²) < 4.78 is 5.58. The molecule has 0 aromatic heterocycles. The summed E-state index contributed by atoms with van der Waals surface area (Å²) in [5, 5.41) is 2.84. The molecule has 0 bridgehead atoms. The lowest BCUT2D eigenvalue weighted by molar-refractivity contribution is -0.134. The van der Waals surface area contributed by atoms with Gasteiger partial charge in [-0.05, 0) is 24.7 Å². The van der Waals surface area contributed by atoms with E-state index in [0.29, 0.717) is 44.4 Å². The van der Waals surface area contributed by atoms with E-state index < -0.39 is 0 Å². The van der Waals surface area contributed by atoms with E-state index in [4.69, 9.17) is 4.74 Å². The van der Waals surface area contributed by atoms with Gasteiger partial charge in [0.15, 0.2) is 0 Å². The number of nitrogens with zero attached hydrogens (tertiary/aromatic N) is 1. The first-order valence-electron chi connectivity index (χ1n) is 8.06. The lowest BCUT2D eigenvalue weighted by Gasteiger charge is -2.25. The first kappa shape index (κ1) is 18.0. The molecular formula is C16H30N2O3. The first-order chi connectivity index (χ1) is 9.90. The monoisotopic (exact) mass is 298 g/mol. The SMILES string of the molecule is CC(C)CCOCCN1CCC(=O)NC(CC(C)C)C1=O. The Kier molecular flexibility index (Phi) is 7.72. The van der Waals surface area contributed by atoms with E-state index in [1.807, 2.05) is 0 Å². The molecule has 1 N–H and O–H groups in total. The van der Waals surface area contributed by atoms with Gasteiger partial charge in [-0.15, -0.1) is 0 Å². The van der Waals surface area contributed by atoms with Crippen LogP contribution in [0.5, 0.6) is 0 Å². The Balaban J connectivity index is 2.44. The smallest absolute Gasteiger partial charge is 0.245 e. The molecule has 0 spiro atoms. The summed E-state index contributed by atoms with van der Waals surface area (Å²) in [5.74, 6) is 1.00. The Bertz CT molecular complexity index is 342. The van der Waals surface area contributed by atoms with Crippen molar-refractivity contribution >= 4 is 11.8 Å². The summed E-state index contributed by atoms with van der Waals surface area (Å²) >= 11 is 0. The molecule has 1 aliphatic heterocycles. The summed E-state index contributed by atoms with van der Waals surface area (Å²) in [7, 11) is 0. The molecule has 1 fully saturated rings. The van der Waals surface area contributed by atoms with Crippen molar-refractivity contribution in [2.75, 3.05) is 26.3 Å². The standard InChI is InChI=1S/C16H30N2O3/c1-12(2)6-9-21-10-8-18-7-5-15(19)17-14(16(18)20)11-13(3)4/h12-14H,5-11H2,1-4H3,(H,17,19). The van der Waals surface area contributed by atoms with E-state index in [0.717, 1.165) is 13.0 Å². The molecule has 122 valence electrons. The number of hydrogen-bond acceptors (Lipinski definition) is 3. The fourth-order valence-corrected chi connectivity index (χ4v) is 2.34. The fraction of sp³-hybridized carbons (Fsp3) is 0.875. The zero-order valence-corrected chi connectivity index (χ0v) is 13.9. The lowest BCUT2D eigenvalue weighted by atomic mass is 10.0. The number of hydrogen-bond donors (Lipinski definition) is 1. The molecule has 5 nitrogen and oxygen atoms in total. The molecule has 21 heavy (non-hydrogen) atoms. The highest BCUT2D eigenvalue weighted by molar-refractivity contribution is 5.89. The second-order valence-corrected chi connectivity index (χ2v) is 6.62. The highest BCUT2D eigenvalue weighted by atomic mass is 16.5. The van der Waals surface area contributed by atoms with E-state index >= 15 is 0 Å². The third-order valence-electron chi connectivity index (χ3n) is 3.61. The van der Waals surface area contributed by atoms with Crippen LogP contribution in [0, 0.1) is 11.8 Å². The van der Waals surface area contributed by atoms with Gasteiger partial charge in [-0.3, -0.25) is 9.59 Å². The van der Waals surface area contributed by atoms with Crippen LogP contribution >= 0.6 is 0 Å². The zero-order valence-electron chi connectivity index (χ0n) is 13.9.